The van der Waals surface area contributed by atoms with Crippen molar-refractivity contribution in [2.75, 3.05) is 52.0 Å². The zero-order valence-corrected chi connectivity index (χ0v) is 24.3. The van der Waals surface area contributed by atoms with Crippen LogP contribution in [0.4, 0.5) is 5.69 Å². The zero-order chi connectivity index (χ0) is 30.0. The summed E-state index contributed by atoms with van der Waals surface area (Å²) in [5.74, 6) is 1.14. The second-order valence-electron chi connectivity index (χ2n) is 10.1. The first-order valence-electron chi connectivity index (χ1n) is 14.5. The molecule has 0 radical (unpaired) electrons. The maximum absolute atomic E-state index is 13.4. The zero-order valence-electron chi connectivity index (χ0n) is 24.3. The standard InChI is InChI=1S/C34H37N3O6/c1-40-32-6-2-4-28-29(32)15-16-31(28)37-18-3-5-30(34(37)39)33(38)36-26-11-7-24(8-12-26)25-9-13-27(14-10-25)43-23-22-42-21-20-41-19-17-35/h2-14,18,31H,15-17,19-23,35H2,1H3,(H,36,38). The summed E-state index contributed by atoms with van der Waals surface area (Å²) in [6.45, 7) is 2.99. The molecule has 3 aromatic carbocycles. The van der Waals surface area contributed by atoms with Gasteiger partial charge in [-0.05, 0) is 77.6 Å². The summed E-state index contributed by atoms with van der Waals surface area (Å²) >= 11 is 0. The molecule has 9 nitrogen and oxygen atoms in total. The second-order valence-corrected chi connectivity index (χ2v) is 10.1. The van der Waals surface area contributed by atoms with Crippen molar-refractivity contribution < 1.29 is 23.7 Å². The fourth-order valence-electron chi connectivity index (χ4n) is 5.32. The third kappa shape index (κ3) is 7.32. The summed E-state index contributed by atoms with van der Waals surface area (Å²) < 4.78 is 23.6. The molecule has 224 valence electrons. The van der Waals surface area contributed by atoms with E-state index in [0.29, 0.717) is 45.3 Å². The number of fused-ring (bicyclic) bond motifs is 1. The SMILES string of the molecule is COc1cccc2c1CCC2n1cccc(C(=O)Nc2ccc(-c3ccc(OCCOCCOCCN)cc3)cc2)c1=O. The van der Waals surface area contributed by atoms with E-state index in [2.05, 4.69) is 5.32 Å². The summed E-state index contributed by atoms with van der Waals surface area (Å²) in [5, 5.41) is 2.87. The van der Waals surface area contributed by atoms with Gasteiger partial charge < -0.3 is 34.6 Å². The van der Waals surface area contributed by atoms with Crippen molar-refractivity contribution in [2.45, 2.75) is 18.9 Å². The first kappa shape index (κ1) is 30.0. The quantitative estimate of drug-likeness (QED) is 0.207. The molecule has 1 aliphatic rings. The Labute approximate surface area is 251 Å². The van der Waals surface area contributed by atoms with Crippen LogP contribution >= 0.6 is 0 Å². The van der Waals surface area contributed by atoms with Gasteiger partial charge in [0.15, 0.2) is 0 Å². The average Bonchev–Trinajstić information content (AvgIpc) is 3.47. The lowest BCUT2D eigenvalue weighted by Gasteiger charge is -2.17. The van der Waals surface area contributed by atoms with Crippen LogP contribution in [-0.4, -0.2) is 57.2 Å². The Hall–Kier alpha value is -4.44. The molecule has 0 aliphatic heterocycles. The van der Waals surface area contributed by atoms with Crippen molar-refractivity contribution in [1.29, 1.82) is 0 Å². The number of nitrogens with one attached hydrogen (secondary N) is 1. The molecule has 0 fully saturated rings. The molecule has 3 N–H and O–H groups in total. The molecular weight excluding hydrogens is 546 g/mol. The van der Waals surface area contributed by atoms with Gasteiger partial charge in [0.25, 0.3) is 11.5 Å². The van der Waals surface area contributed by atoms with Gasteiger partial charge in [-0.25, -0.2) is 0 Å². The van der Waals surface area contributed by atoms with Crippen molar-refractivity contribution in [2.24, 2.45) is 5.73 Å². The summed E-state index contributed by atoms with van der Waals surface area (Å²) in [6.07, 6.45) is 3.34. The maximum atomic E-state index is 13.4. The van der Waals surface area contributed by atoms with Crippen molar-refractivity contribution in [3.63, 3.8) is 0 Å². The molecule has 5 rings (SSSR count). The molecule has 0 bridgehead atoms. The Bertz CT molecular complexity index is 1570. The van der Waals surface area contributed by atoms with E-state index in [1.54, 1.807) is 30.0 Å². The summed E-state index contributed by atoms with van der Waals surface area (Å²) in [4.78, 5) is 26.6. The minimum absolute atomic E-state index is 0.101. The van der Waals surface area contributed by atoms with Gasteiger partial charge in [0.2, 0.25) is 0 Å². The number of anilines is 1. The second kappa shape index (κ2) is 14.6. The van der Waals surface area contributed by atoms with Gasteiger partial charge in [-0.1, -0.05) is 36.4 Å². The third-order valence-corrected chi connectivity index (χ3v) is 7.43. The van der Waals surface area contributed by atoms with E-state index in [4.69, 9.17) is 24.7 Å². The lowest BCUT2D eigenvalue weighted by atomic mass is 10.1. The van der Waals surface area contributed by atoms with Crippen LogP contribution in [0.2, 0.25) is 0 Å². The molecule has 1 amide bonds. The fourth-order valence-corrected chi connectivity index (χ4v) is 5.32. The number of methoxy groups -OCH3 is 1. The van der Waals surface area contributed by atoms with Gasteiger partial charge in [0, 0.05) is 18.4 Å². The predicted octanol–water partition coefficient (Wildman–Crippen LogP) is 4.68. The van der Waals surface area contributed by atoms with Gasteiger partial charge >= 0.3 is 0 Å². The fraction of sp³-hybridized carbons (Fsp3) is 0.294. The highest BCUT2D eigenvalue weighted by molar-refractivity contribution is 6.04. The molecule has 0 spiro atoms. The largest absolute Gasteiger partial charge is 0.496 e. The number of ether oxygens (including phenoxy) is 4. The topological polar surface area (TPSA) is 114 Å². The third-order valence-electron chi connectivity index (χ3n) is 7.43. The first-order chi connectivity index (χ1) is 21.1. The predicted molar refractivity (Wildman–Crippen MR) is 166 cm³/mol. The van der Waals surface area contributed by atoms with E-state index >= 15 is 0 Å². The number of hydrogen-bond acceptors (Lipinski definition) is 7. The molecule has 1 aromatic heterocycles. The number of nitrogens with two attached hydrogens (primary N) is 1. The number of carbonyl (C=O) groups is 1. The van der Waals surface area contributed by atoms with E-state index in [0.717, 1.165) is 46.6 Å². The smallest absolute Gasteiger partial charge is 0.263 e. The summed E-state index contributed by atoms with van der Waals surface area (Å²) in [6, 6.07) is 24.4. The number of aromatic nitrogens is 1. The number of benzene rings is 3. The van der Waals surface area contributed by atoms with E-state index in [-0.39, 0.29) is 17.2 Å². The van der Waals surface area contributed by atoms with Crippen molar-refractivity contribution in [1.82, 2.24) is 4.57 Å². The van der Waals surface area contributed by atoms with Crippen LogP contribution in [0.5, 0.6) is 11.5 Å². The lowest BCUT2D eigenvalue weighted by Crippen LogP contribution is -2.30. The molecule has 0 saturated heterocycles. The van der Waals surface area contributed by atoms with E-state index in [1.165, 1.54) is 0 Å². The van der Waals surface area contributed by atoms with E-state index < -0.39 is 5.91 Å². The number of carbonyl (C=O) groups excluding carboxylic acids is 1. The van der Waals surface area contributed by atoms with E-state index in [1.807, 2.05) is 66.7 Å². The van der Waals surface area contributed by atoms with Crippen LogP contribution < -0.4 is 26.1 Å². The van der Waals surface area contributed by atoms with Crippen LogP contribution in [0.3, 0.4) is 0 Å². The molecule has 1 heterocycles. The maximum Gasteiger partial charge on any atom is 0.263 e. The summed E-state index contributed by atoms with van der Waals surface area (Å²) in [5.41, 5.74) is 9.94. The monoisotopic (exact) mass is 583 g/mol. The molecule has 1 unspecified atom stereocenters. The van der Waals surface area contributed by atoms with Crippen LogP contribution in [0.15, 0.2) is 89.9 Å². The highest BCUT2D eigenvalue weighted by Crippen LogP contribution is 2.38. The van der Waals surface area contributed by atoms with Crippen LogP contribution in [0.25, 0.3) is 11.1 Å². The van der Waals surface area contributed by atoms with Crippen LogP contribution in [-0.2, 0) is 15.9 Å². The molecular formula is C34H37N3O6. The number of rotatable bonds is 14. The lowest BCUT2D eigenvalue weighted by molar-refractivity contribution is 0.0388. The molecule has 9 heteroatoms. The Morgan fingerprint density at radius 1 is 0.884 bits per heavy atom. The summed E-state index contributed by atoms with van der Waals surface area (Å²) in [7, 11) is 1.65. The molecule has 4 aromatic rings. The first-order valence-corrected chi connectivity index (χ1v) is 14.5. The van der Waals surface area contributed by atoms with Crippen molar-refractivity contribution >= 4 is 11.6 Å². The van der Waals surface area contributed by atoms with Gasteiger partial charge in [0.1, 0.15) is 23.7 Å². The number of pyridine rings is 1. The highest BCUT2D eigenvalue weighted by atomic mass is 16.5. The molecule has 0 saturated carbocycles. The Balaban J connectivity index is 1.17. The minimum Gasteiger partial charge on any atom is -0.496 e. The Morgan fingerprint density at radius 2 is 1.58 bits per heavy atom. The van der Waals surface area contributed by atoms with Crippen molar-refractivity contribution in [3.05, 3.63) is 112 Å². The molecule has 43 heavy (non-hydrogen) atoms. The van der Waals surface area contributed by atoms with Gasteiger partial charge in [0.05, 0.1) is 39.6 Å². The highest BCUT2D eigenvalue weighted by Gasteiger charge is 2.28. The van der Waals surface area contributed by atoms with Gasteiger partial charge in [-0.15, -0.1) is 0 Å². The number of amides is 1. The number of nitrogens with zero attached hydrogens (tertiary/aromatic N) is 1. The Kier molecular flexibility index (Phi) is 10.2. The molecule has 1 atom stereocenters. The van der Waals surface area contributed by atoms with Crippen LogP contribution in [0, 0.1) is 0 Å². The van der Waals surface area contributed by atoms with Gasteiger partial charge in [-0.3, -0.25) is 9.59 Å². The Morgan fingerprint density at radius 3 is 2.30 bits per heavy atom. The number of hydrogen-bond donors (Lipinski definition) is 2. The van der Waals surface area contributed by atoms with E-state index in [9.17, 15) is 9.59 Å². The van der Waals surface area contributed by atoms with Crippen LogP contribution in [0.1, 0.15) is 33.9 Å². The van der Waals surface area contributed by atoms with Gasteiger partial charge in [-0.2, -0.15) is 0 Å². The average molecular weight is 584 g/mol. The molecule has 1 aliphatic carbocycles. The van der Waals surface area contributed by atoms with Crippen molar-refractivity contribution in [3.8, 4) is 22.6 Å². The normalized spacial score (nSPS) is 13.9. The minimum atomic E-state index is -0.440.